The van der Waals surface area contributed by atoms with Crippen LogP contribution in [0, 0.1) is 0 Å². The standard InChI is InChI=1S/C24H20ClNO5/c1-2-12-30-18-10-8-15(9-11-18)22(27)20-21(19-7-4-13-31-19)26(24(29)23(20)28)17-6-3-5-16(25)14-17/h3-11,13-14,21,27H,2,12H2,1H3/b22-20-. The molecule has 1 aliphatic heterocycles. The second kappa shape index (κ2) is 8.70. The van der Waals surface area contributed by atoms with Crippen molar-refractivity contribution in [2.45, 2.75) is 19.4 Å². The van der Waals surface area contributed by atoms with Gasteiger partial charge in [-0.05, 0) is 61.0 Å². The summed E-state index contributed by atoms with van der Waals surface area (Å²) in [7, 11) is 0. The fraction of sp³-hybridized carbons (Fsp3) is 0.167. The summed E-state index contributed by atoms with van der Waals surface area (Å²) in [6.07, 6.45) is 2.32. The molecule has 31 heavy (non-hydrogen) atoms. The smallest absolute Gasteiger partial charge is 0.300 e. The zero-order valence-electron chi connectivity index (χ0n) is 16.7. The molecule has 3 aromatic rings. The summed E-state index contributed by atoms with van der Waals surface area (Å²) in [5.41, 5.74) is 0.769. The molecule has 1 fully saturated rings. The molecular weight excluding hydrogens is 418 g/mol. The van der Waals surface area contributed by atoms with E-state index in [1.165, 1.54) is 11.2 Å². The van der Waals surface area contributed by atoms with Crippen LogP contribution in [0.25, 0.3) is 5.76 Å². The number of halogens is 1. The first kappa shape index (κ1) is 20.8. The van der Waals surface area contributed by atoms with Crippen molar-refractivity contribution in [3.8, 4) is 5.75 Å². The van der Waals surface area contributed by atoms with E-state index < -0.39 is 17.7 Å². The Labute approximate surface area is 184 Å². The molecule has 0 saturated carbocycles. The third-order valence-corrected chi connectivity index (χ3v) is 5.18. The number of Topliss-reactive ketones (excluding diaryl/α,β-unsaturated/α-hetero) is 1. The van der Waals surface area contributed by atoms with Gasteiger partial charge in [0.1, 0.15) is 23.3 Å². The van der Waals surface area contributed by atoms with Gasteiger partial charge in [-0.3, -0.25) is 14.5 Å². The molecule has 0 radical (unpaired) electrons. The Hall–Kier alpha value is -3.51. The van der Waals surface area contributed by atoms with E-state index >= 15 is 0 Å². The van der Waals surface area contributed by atoms with E-state index in [1.807, 2.05) is 6.92 Å². The van der Waals surface area contributed by atoms with E-state index in [4.69, 9.17) is 20.8 Å². The van der Waals surface area contributed by atoms with Crippen LogP contribution in [0.4, 0.5) is 5.69 Å². The SMILES string of the molecule is CCCOc1ccc(/C(O)=C2/C(=O)C(=O)N(c3cccc(Cl)c3)C2c2ccco2)cc1. The van der Waals surface area contributed by atoms with Gasteiger partial charge >= 0.3 is 0 Å². The highest BCUT2D eigenvalue weighted by Crippen LogP contribution is 2.42. The van der Waals surface area contributed by atoms with Gasteiger partial charge in [-0.25, -0.2) is 0 Å². The van der Waals surface area contributed by atoms with Crippen LogP contribution in [0.3, 0.4) is 0 Å². The number of benzene rings is 2. The molecule has 1 saturated heterocycles. The normalized spacial score (nSPS) is 17.9. The van der Waals surface area contributed by atoms with Crippen LogP contribution in [0.2, 0.25) is 5.02 Å². The molecule has 1 unspecified atom stereocenters. The maximum absolute atomic E-state index is 13.0. The van der Waals surface area contributed by atoms with Gasteiger partial charge in [0, 0.05) is 16.3 Å². The first-order valence-electron chi connectivity index (χ1n) is 9.84. The van der Waals surface area contributed by atoms with Crippen LogP contribution in [0.5, 0.6) is 5.75 Å². The highest BCUT2D eigenvalue weighted by Gasteiger charge is 2.48. The van der Waals surface area contributed by atoms with Crippen molar-refractivity contribution in [1.29, 1.82) is 0 Å². The summed E-state index contributed by atoms with van der Waals surface area (Å²) in [5, 5.41) is 11.5. The van der Waals surface area contributed by atoms with Gasteiger partial charge in [0.2, 0.25) is 0 Å². The van der Waals surface area contributed by atoms with Crippen LogP contribution in [-0.4, -0.2) is 23.4 Å². The first-order valence-corrected chi connectivity index (χ1v) is 10.2. The molecule has 0 bridgehead atoms. The second-order valence-corrected chi connectivity index (χ2v) is 7.47. The molecule has 0 spiro atoms. The van der Waals surface area contributed by atoms with Crippen molar-refractivity contribution in [1.82, 2.24) is 0 Å². The van der Waals surface area contributed by atoms with E-state index in [0.717, 1.165) is 6.42 Å². The summed E-state index contributed by atoms with van der Waals surface area (Å²) >= 11 is 6.11. The lowest BCUT2D eigenvalue weighted by Crippen LogP contribution is -2.29. The van der Waals surface area contributed by atoms with Crippen LogP contribution < -0.4 is 9.64 Å². The Morgan fingerprint density at radius 3 is 2.55 bits per heavy atom. The van der Waals surface area contributed by atoms with Crippen LogP contribution in [0.1, 0.15) is 30.7 Å². The molecule has 2 heterocycles. The first-order chi connectivity index (χ1) is 15.0. The largest absolute Gasteiger partial charge is 0.507 e. The average Bonchev–Trinajstić information content (AvgIpc) is 3.39. The Balaban J connectivity index is 1.81. The Morgan fingerprint density at radius 1 is 1.13 bits per heavy atom. The molecule has 1 aromatic heterocycles. The number of anilines is 1. The fourth-order valence-electron chi connectivity index (χ4n) is 3.53. The van der Waals surface area contributed by atoms with Crippen molar-refractivity contribution < 1.29 is 23.8 Å². The van der Waals surface area contributed by atoms with Gasteiger partial charge in [0.15, 0.2) is 0 Å². The number of carbonyl (C=O) groups is 2. The quantitative estimate of drug-likeness (QED) is 0.319. The minimum absolute atomic E-state index is 0.0536. The van der Waals surface area contributed by atoms with Gasteiger partial charge < -0.3 is 14.3 Å². The molecule has 6 nitrogen and oxygen atoms in total. The topological polar surface area (TPSA) is 80.0 Å². The lowest BCUT2D eigenvalue weighted by molar-refractivity contribution is -0.132. The molecular formula is C24H20ClNO5. The van der Waals surface area contributed by atoms with Gasteiger partial charge in [-0.2, -0.15) is 0 Å². The van der Waals surface area contributed by atoms with Crippen molar-refractivity contribution in [3.63, 3.8) is 0 Å². The Kier molecular flexibility index (Phi) is 5.82. The number of nitrogens with zero attached hydrogens (tertiary/aromatic N) is 1. The summed E-state index contributed by atoms with van der Waals surface area (Å²) in [6, 6.07) is 15.7. The number of aliphatic hydroxyl groups excluding tert-OH is 1. The minimum Gasteiger partial charge on any atom is -0.507 e. The third kappa shape index (κ3) is 3.94. The number of ketones is 1. The number of furan rings is 1. The molecule has 4 rings (SSSR count). The van der Waals surface area contributed by atoms with Crippen molar-refractivity contribution in [3.05, 3.63) is 88.8 Å². The fourth-order valence-corrected chi connectivity index (χ4v) is 3.71. The number of amides is 1. The molecule has 7 heteroatoms. The molecule has 1 aliphatic rings. The van der Waals surface area contributed by atoms with E-state index in [2.05, 4.69) is 0 Å². The summed E-state index contributed by atoms with van der Waals surface area (Å²) < 4.78 is 11.1. The van der Waals surface area contributed by atoms with E-state index in [-0.39, 0.29) is 11.3 Å². The van der Waals surface area contributed by atoms with Crippen molar-refractivity contribution >= 4 is 34.7 Å². The van der Waals surface area contributed by atoms with Crippen LogP contribution in [0.15, 0.2) is 76.9 Å². The molecule has 1 N–H and O–H groups in total. The van der Waals surface area contributed by atoms with Crippen molar-refractivity contribution in [2.75, 3.05) is 11.5 Å². The number of ether oxygens (including phenoxy) is 1. The van der Waals surface area contributed by atoms with Crippen LogP contribution >= 0.6 is 11.6 Å². The minimum atomic E-state index is -0.926. The van der Waals surface area contributed by atoms with Gasteiger partial charge in [-0.15, -0.1) is 0 Å². The maximum Gasteiger partial charge on any atom is 0.300 e. The maximum atomic E-state index is 13.0. The van der Waals surface area contributed by atoms with E-state index in [0.29, 0.717) is 34.4 Å². The molecule has 158 valence electrons. The van der Waals surface area contributed by atoms with Gasteiger partial charge in [-0.1, -0.05) is 24.6 Å². The summed E-state index contributed by atoms with van der Waals surface area (Å²) in [6.45, 7) is 2.59. The van der Waals surface area contributed by atoms with Gasteiger partial charge in [0.05, 0.1) is 18.4 Å². The zero-order valence-corrected chi connectivity index (χ0v) is 17.5. The molecule has 1 atom stereocenters. The van der Waals surface area contributed by atoms with E-state index in [1.54, 1.807) is 60.7 Å². The number of aliphatic hydroxyl groups is 1. The molecule has 2 aromatic carbocycles. The summed E-state index contributed by atoms with van der Waals surface area (Å²) in [5.74, 6) is -0.853. The molecule has 1 amide bonds. The predicted octanol–water partition coefficient (Wildman–Crippen LogP) is 5.35. The number of hydrogen-bond donors (Lipinski definition) is 1. The Morgan fingerprint density at radius 2 is 1.90 bits per heavy atom. The monoisotopic (exact) mass is 437 g/mol. The lowest BCUT2D eigenvalue weighted by Gasteiger charge is -2.23. The number of rotatable bonds is 6. The zero-order chi connectivity index (χ0) is 22.0. The predicted molar refractivity (Wildman–Crippen MR) is 117 cm³/mol. The van der Waals surface area contributed by atoms with E-state index in [9.17, 15) is 14.7 Å². The molecule has 0 aliphatic carbocycles. The number of hydrogen-bond acceptors (Lipinski definition) is 5. The van der Waals surface area contributed by atoms with Crippen molar-refractivity contribution in [2.24, 2.45) is 0 Å². The Bertz CT molecular complexity index is 1140. The second-order valence-electron chi connectivity index (χ2n) is 7.04. The van der Waals surface area contributed by atoms with Gasteiger partial charge in [0.25, 0.3) is 11.7 Å². The third-order valence-electron chi connectivity index (χ3n) is 4.94. The number of carbonyl (C=O) groups excluding carboxylic acids is 2. The lowest BCUT2D eigenvalue weighted by atomic mass is 9.99. The summed E-state index contributed by atoms with van der Waals surface area (Å²) in [4.78, 5) is 27.3. The average molecular weight is 438 g/mol. The highest BCUT2D eigenvalue weighted by atomic mass is 35.5. The highest BCUT2D eigenvalue weighted by molar-refractivity contribution is 6.51. The van der Waals surface area contributed by atoms with Crippen LogP contribution in [-0.2, 0) is 9.59 Å².